The van der Waals surface area contributed by atoms with Crippen LogP contribution in [0, 0.1) is 0 Å². The fourth-order valence-corrected chi connectivity index (χ4v) is 3.05. The summed E-state index contributed by atoms with van der Waals surface area (Å²) >= 11 is 0. The van der Waals surface area contributed by atoms with Gasteiger partial charge in [0.25, 0.3) is 0 Å². The van der Waals surface area contributed by atoms with E-state index in [0.717, 1.165) is 43.7 Å². The second-order valence-electron chi connectivity index (χ2n) is 5.27. The van der Waals surface area contributed by atoms with Crippen molar-refractivity contribution in [2.24, 2.45) is 0 Å². The van der Waals surface area contributed by atoms with E-state index in [1.54, 1.807) is 14.0 Å². The minimum atomic E-state index is -0.304. The minimum absolute atomic E-state index is 0.279. The van der Waals surface area contributed by atoms with E-state index in [9.17, 15) is 4.79 Å². The van der Waals surface area contributed by atoms with Gasteiger partial charge in [-0.2, -0.15) is 0 Å². The molecule has 1 aliphatic heterocycles. The Morgan fingerprint density at radius 3 is 2.58 bits per heavy atom. The molecule has 0 spiro atoms. The van der Waals surface area contributed by atoms with Gasteiger partial charge in [0.2, 0.25) is 0 Å². The van der Waals surface area contributed by atoms with Crippen LogP contribution in [0.1, 0.15) is 37.8 Å². The van der Waals surface area contributed by atoms with Gasteiger partial charge in [-0.25, -0.2) is 0 Å². The third-order valence-electron chi connectivity index (χ3n) is 4.34. The summed E-state index contributed by atoms with van der Waals surface area (Å²) < 4.78 is 5.37. The second kappa shape index (κ2) is 5.74. The SMILES string of the molecule is CCc1cc(C2(C(C)=O)CCNCC2)ccc1OC. The number of rotatable bonds is 4. The van der Waals surface area contributed by atoms with Crippen LogP contribution in [0.2, 0.25) is 0 Å². The normalized spacial score (nSPS) is 18.1. The van der Waals surface area contributed by atoms with Crippen LogP contribution >= 0.6 is 0 Å². The van der Waals surface area contributed by atoms with Gasteiger partial charge < -0.3 is 10.1 Å². The van der Waals surface area contributed by atoms with Gasteiger partial charge in [0.15, 0.2) is 0 Å². The zero-order valence-electron chi connectivity index (χ0n) is 12.1. The number of carbonyl (C=O) groups is 1. The molecule has 3 nitrogen and oxygen atoms in total. The summed E-state index contributed by atoms with van der Waals surface area (Å²) in [5, 5.41) is 3.34. The maximum atomic E-state index is 12.2. The molecule has 2 rings (SSSR count). The number of piperidine rings is 1. The predicted octanol–water partition coefficient (Wildman–Crippen LogP) is 2.47. The molecule has 1 aromatic rings. The number of Topliss-reactive ketones (excluding diaryl/α,β-unsaturated/α-hetero) is 1. The molecule has 19 heavy (non-hydrogen) atoms. The highest BCUT2D eigenvalue weighted by Gasteiger charge is 2.38. The lowest BCUT2D eigenvalue weighted by Gasteiger charge is -2.36. The molecule has 3 heteroatoms. The number of benzene rings is 1. The lowest BCUT2D eigenvalue weighted by Crippen LogP contribution is -2.44. The van der Waals surface area contributed by atoms with Crippen LogP contribution in [0.15, 0.2) is 18.2 Å². The molecule has 1 aliphatic rings. The molecule has 1 saturated heterocycles. The molecule has 0 aromatic heterocycles. The van der Waals surface area contributed by atoms with Gasteiger partial charge in [0.1, 0.15) is 11.5 Å². The van der Waals surface area contributed by atoms with Crippen LogP contribution in [-0.4, -0.2) is 26.0 Å². The molecule has 0 saturated carbocycles. The third kappa shape index (κ3) is 2.52. The maximum Gasteiger partial charge on any atom is 0.140 e. The predicted molar refractivity (Wildman–Crippen MR) is 76.8 cm³/mol. The monoisotopic (exact) mass is 261 g/mol. The van der Waals surface area contributed by atoms with Gasteiger partial charge in [0, 0.05) is 0 Å². The van der Waals surface area contributed by atoms with Gasteiger partial charge in [-0.1, -0.05) is 19.1 Å². The van der Waals surface area contributed by atoms with Crippen molar-refractivity contribution in [2.45, 2.75) is 38.5 Å². The molecule has 0 unspecified atom stereocenters. The molecule has 1 N–H and O–H groups in total. The topological polar surface area (TPSA) is 38.3 Å². The van der Waals surface area contributed by atoms with E-state index in [-0.39, 0.29) is 11.2 Å². The summed E-state index contributed by atoms with van der Waals surface area (Å²) in [6.45, 7) is 5.66. The molecule has 0 amide bonds. The van der Waals surface area contributed by atoms with Crippen molar-refractivity contribution in [3.8, 4) is 5.75 Å². The van der Waals surface area contributed by atoms with Crippen LogP contribution in [0.4, 0.5) is 0 Å². The van der Waals surface area contributed by atoms with Crippen LogP contribution < -0.4 is 10.1 Å². The van der Waals surface area contributed by atoms with Crippen molar-refractivity contribution in [1.82, 2.24) is 5.32 Å². The highest BCUT2D eigenvalue weighted by Crippen LogP contribution is 2.36. The average molecular weight is 261 g/mol. The molecule has 0 radical (unpaired) electrons. The van der Waals surface area contributed by atoms with E-state index in [4.69, 9.17) is 4.74 Å². The Labute approximate surface area is 115 Å². The molecular formula is C16H23NO2. The van der Waals surface area contributed by atoms with E-state index < -0.39 is 0 Å². The Morgan fingerprint density at radius 2 is 2.05 bits per heavy atom. The summed E-state index contributed by atoms with van der Waals surface area (Å²) in [5.41, 5.74) is 2.03. The zero-order valence-corrected chi connectivity index (χ0v) is 12.1. The van der Waals surface area contributed by atoms with E-state index in [1.165, 1.54) is 5.56 Å². The zero-order chi connectivity index (χ0) is 13.9. The fourth-order valence-electron chi connectivity index (χ4n) is 3.05. The molecule has 104 valence electrons. The second-order valence-corrected chi connectivity index (χ2v) is 5.27. The van der Waals surface area contributed by atoms with Gasteiger partial charge in [0.05, 0.1) is 12.5 Å². The first kappa shape index (κ1) is 14.1. The summed E-state index contributed by atoms with van der Waals surface area (Å²) in [6.07, 6.45) is 2.69. The maximum absolute atomic E-state index is 12.2. The largest absolute Gasteiger partial charge is 0.496 e. The number of carbonyl (C=O) groups excluding carboxylic acids is 1. The number of ketones is 1. The molecular weight excluding hydrogens is 238 g/mol. The Balaban J connectivity index is 2.45. The van der Waals surface area contributed by atoms with Gasteiger partial charge in [-0.3, -0.25) is 4.79 Å². The van der Waals surface area contributed by atoms with Crippen molar-refractivity contribution >= 4 is 5.78 Å². The number of hydrogen-bond acceptors (Lipinski definition) is 3. The average Bonchev–Trinajstić information content (AvgIpc) is 2.47. The van der Waals surface area contributed by atoms with Crippen molar-refractivity contribution in [3.63, 3.8) is 0 Å². The number of hydrogen-bond donors (Lipinski definition) is 1. The Hall–Kier alpha value is -1.35. The smallest absolute Gasteiger partial charge is 0.140 e. The van der Waals surface area contributed by atoms with E-state index in [0.29, 0.717) is 0 Å². The van der Waals surface area contributed by atoms with Gasteiger partial charge >= 0.3 is 0 Å². The first-order valence-corrected chi connectivity index (χ1v) is 7.03. The number of methoxy groups -OCH3 is 1. The Morgan fingerprint density at radius 1 is 1.37 bits per heavy atom. The third-order valence-corrected chi connectivity index (χ3v) is 4.34. The fraction of sp³-hybridized carbons (Fsp3) is 0.562. The molecule has 1 aromatic carbocycles. The molecule has 0 bridgehead atoms. The Kier molecular flexibility index (Phi) is 4.25. The number of aryl methyl sites for hydroxylation is 1. The highest BCUT2D eigenvalue weighted by molar-refractivity contribution is 5.88. The summed E-state index contributed by atoms with van der Waals surface area (Å²) in [6, 6.07) is 6.22. The van der Waals surface area contributed by atoms with E-state index in [2.05, 4.69) is 24.4 Å². The molecule has 0 aliphatic carbocycles. The quantitative estimate of drug-likeness (QED) is 0.905. The standard InChI is InChI=1S/C16H23NO2/c1-4-13-11-14(5-6-15(13)19-3)16(12(2)18)7-9-17-10-8-16/h5-6,11,17H,4,7-10H2,1-3H3. The lowest BCUT2D eigenvalue weighted by atomic mass is 9.70. The molecule has 1 fully saturated rings. The lowest BCUT2D eigenvalue weighted by molar-refractivity contribution is -0.123. The van der Waals surface area contributed by atoms with Crippen molar-refractivity contribution < 1.29 is 9.53 Å². The number of nitrogens with one attached hydrogen (secondary N) is 1. The summed E-state index contributed by atoms with van der Waals surface area (Å²) in [7, 11) is 1.69. The molecule has 1 heterocycles. The van der Waals surface area contributed by atoms with Crippen LogP contribution in [0.25, 0.3) is 0 Å². The first-order chi connectivity index (χ1) is 9.14. The van der Waals surface area contributed by atoms with Crippen molar-refractivity contribution in [2.75, 3.05) is 20.2 Å². The first-order valence-electron chi connectivity index (χ1n) is 7.03. The van der Waals surface area contributed by atoms with Crippen LogP contribution in [0.5, 0.6) is 5.75 Å². The van der Waals surface area contributed by atoms with Crippen molar-refractivity contribution in [3.05, 3.63) is 29.3 Å². The van der Waals surface area contributed by atoms with Crippen LogP contribution in [-0.2, 0) is 16.6 Å². The summed E-state index contributed by atoms with van der Waals surface area (Å²) in [5.74, 6) is 1.19. The van der Waals surface area contributed by atoms with E-state index >= 15 is 0 Å². The van der Waals surface area contributed by atoms with E-state index in [1.807, 2.05) is 6.07 Å². The van der Waals surface area contributed by atoms with Gasteiger partial charge in [-0.15, -0.1) is 0 Å². The number of ether oxygens (including phenoxy) is 1. The van der Waals surface area contributed by atoms with Crippen molar-refractivity contribution in [1.29, 1.82) is 0 Å². The van der Waals surface area contributed by atoms with Crippen LogP contribution in [0.3, 0.4) is 0 Å². The minimum Gasteiger partial charge on any atom is -0.496 e. The van der Waals surface area contributed by atoms with Gasteiger partial charge in [-0.05, 0) is 56.5 Å². The Bertz CT molecular complexity index is 462. The summed E-state index contributed by atoms with van der Waals surface area (Å²) in [4.78, 5) is 12.2. The highest BCUT2D eigenvalue weighted by atomic mass is 16.5. The molecule has 0 atom stereocenters.